The number of hydrazine groups is 1. The maximum Gasteiger partial charge on any atom is 0.270 e. The highest BCUT2D eigenvalue weighted by molar-refractivity contribution is 5.96. The van der Waals surface area contributed by atoms with Crippen LogP contribution >= 0.6 is 0 Å². The number of nitrogens with zero attached hydrogens (tertiary/aromatic N) is 3. The Morgan fingerprint density at radius 3 is 2.36 bits per heavy atom. The van der Waals surface area contributed by atoms with Crippen molar-refractivity contribution in [2.75, 3.05) is 37.6 Å². The molecule has 2 amide bonds. The summed E-state index contributed by atoms with van der Waals surface area (Å²) >= 11 is 0. The summed E-state index contributed by atoms with van der Waals surface area (Å²) in [5.74, 6) is -0.946. The van der Waals surface area contributed by atoms with Gasteiger partial charge in [0.1, 0.15) is 0 Å². The van der Waals surface area contributed by atoms with Crippen molar-refractivity contribution in [1.82, 2.24) is 15.8 Å². The lowest BCUT2D eigenvalue weighted by molar-refractivity contribution is -0.384. The number of benzene rings is 2. The molecule has 1 saturated heterocycles. The first-order valence-electron chi connectivity index (χ1n) is 8.89. The molecule has 1 aliphatic rings. The van der Waals surface area contributed by atoms with Crippen LogP contribution in [0.5, 0.6) is 0 Å². The lowest BCUT2D eigenvalue weighted by Gasteiger charge is -2.35. The molecule has 0 saturated carbocycles. The average Bonchev–Trinajstić information content (AvgIpc) is 2.73. The highest BCUT2D eigenvalue weighted by Gasteiger charge is 2.19. The van der Waals surface area contributed by atoms with Gasteiger partial charge in [0.25, 0.3) is 17.5 Å². The SMILES string of the molecule is O=C(CN1CCN(c2ccccc2)CC1)NNC(=O)c1cccc([N+](=O)[O-])c1. The van der Waals surface area contributed by atoms with Gasteiger partial charge < -0.3 is 4.90 Å². The Hall–Kier alpha value is -3.46. The Morgan fingerprint density at radius 1 is 0.964 bits per heavy atom. The van der Waals surface area contributed by atoms with Crippen LogP contribution in [0.15, 0.2) is 54.6 Å². The number of nitrogens with one attached hydrogen (secondary N) is 2. The molecule has 2 N–H and O–H groups in total. The van der Waals surface area contributed by atoms with E-state index in [2.05, 4.69) is 27.9 Å². The lowest BCUT2D eigenvalue weighted by Crippen LogP contribution is -2.52. The zero-order valence-corrected chi connectivity index (χ0v) is 15.2. The van der Waals surface area contributed by atoms with Crippen molar-refractivity contribution in [3.05, 3.63) is 70.3 Å². The van der Waals surface area contributed by atoms with Crippen molar-refractivity contribution in [2.45, 2.75) is 0 Å². The number of nitro groups is 1. The second kappa shape index (κ2) is 8.96. The molecule has 9 nitrogen and oxygen atoms in total. The summed E-state index contributed by atoms with van der Waals surface area (Å²) in [7, 11) is 0. The summed E-state index contributed by atoms with van der Waals surface area (Å²) in [6.45, 7) is 3.27. The van der Waals surface area contributed by atoms with Crippen molar-refractivity contribution in [2.24, 2.45) is 0 Å². The number of carbonyl (C=O) groups is 2. The fraction of sp³-hybridized carbons (Fsp3) is 0.263. The van der Waals surface area contributed by atoms with E-state index >= 15 is 0 Å². The predicted molar refractivity (Wildman–Crippen MR) is 104 cm³/mol. The largest absolute Gasteiger partial charge is 0.369 e. The van der Waals surface area contributed by atoms with Crippen molar-refractivity contribution >= 4 is 23.2 Å². The van der Waals surface area contributed by atoms with Gasteiger partial charge in [-0.05, 0) is 18.2 Å². The van der Waals surface area contributed by atoms with Gasteiger partial charge in [0, 0.05) is 49.6 Å². The smallest absolute Gasteiger partial charge is 0.270 e. The fourth-order valence-electron chi connectivity index (χ4n) is 3.00. The molecule has 1 fully saturated rings. The monoisotopic (exact) mass is 383 g/mol. The highest BCUT2D eigenvalue weighted by atomic mass is 16.6. The Bertz CT molecular complexity index is 850. The highest BCUT2D eigenvalue weighted by Crippen LogP contribution is 2.15. The van der Waals surface area contributed by atoms with Crippen LogP contribution in [-0.4, -0.2) is 54.4 Å². The molecule has 1 heterocycles. The van der Waals surface area contributed by atoms with Gasteiger partial charge >= 0.3 is 0 Å². The van der Waals surface area contributed by atoms with Crippen LogP contribution in [0.4, 0.5) is 11.4 Å². The van der Waals surface area contributed by atoms with E-state index < -0.39 is 10.8 Å². The molecule has 0 unspecified atom stereocenters. The Morgan fingerprint density at radius 2 is 1.68 bits per heavy atom. The van der Waals surface area contributed by atoms with Gasteiger partial charge in [-0.3, -0.25) is 35.5 Å². The second-order valence-corrected chi connectivity index (χ2v) is 6.41. The van der Waals surface area contributed by atoms with Gasteiger partial charge in [-0.1, -0.05) is 24.3 Å². The van der Waals surface area contributed by atoms with Crippen LogP contribution in [0.2, 0.25) is 0 Å². The van der Waals surface area contributed by atoms with E-state index in [0.717, 1.165) is 37.9 Å². The first kappa shape index (κ1) is 19.3. The topological polar surface area (TPSA) is 108 Å². The minimum Gasteiger partial charge on any atom is -0.369 e. The third-order valence-corrected chi connectivity index (χ3v) is 4.50. The molecule has 0 spiro atoms. The number of para-hydroxylation sites is 1. The van der Waals surface area contributed by atoms with E-state index in [0.29, 0.717) is 0 Å². The van der Waals surface area contributed by atoms with Crippen LogP contribution in [-0.2, 0) is 4.79 Å². The number of amides is 2. The number of hydrogen-bond acceptors (Lipinski definition) is 6. The summed E-state index contributed by atoms with van der Waals surface area (Å²) in [6.07, 6.45) is 0. The first-order valence-corrected chi connectivity index (χ1v) is 8.89. The quantitative estimate of drug-likeness (QED) is 0.593. The molecule has 0 aliphatic carbocycles. The molecule has 9 heteroatoms. The zero-order chi connectivity index (χ0) is 19.9. The Kier molecular flexibility index (Phi) is 6.18. The summed E-state index contributed by atoms with van der Waals surface area (Å²) in [5.41, 5.74) is 5.73. The number of nitro benzene ring substituents is 1. The van der Waals surface area contributed by atoms with Crippen LogP contribution in [0.25, 0.3) is 0 Å². The third-order valence-electron chi connectivity index (χ3n) is 4.50. The van der Waals surface area contributed by atoms with E-state index in [1.54, 1.807) is 0 Å². The number of anilines is 1. The molecule has 146 valence electrons. The fourth-order valence-corrected chi connectivity index (χ4v) is 3.00. The maximum atomic E-state index is 12.1. The zero-order valence-electron chi connectivity index (χ0n) is 15.2. The molecule has 2 aromatic carbocycles. The van der Waals surface area contributed by atoms with E-state index in [-0.39, 0.29) is 23.7 Å². The molecule has 28 heavy (non-hydrogen) atoms. The van der Waals surface area contributed by atoms with Crippen LogP contribution in [0.3, 0.4) is 0 Å². The summed E-state index contributed by atoms with van der Waals surface area (Å²) in [5, 5.41) is 10.8. The molecular weight excluding hydrogens is 362 g/mol. The molecule has 0 bridgehead atoms. The summed E-state index contributed by atoms with van der Waals surface area (Å²) in [6, 6.07) is 15.4. The number of hydrogen-bond donors (Lipinski definition) is 2. The average molecular weight is 383 g/mol. The van der Waals surface area contributed by atoms with Crippen LogP contribution in [0.1, 0.15) is 10.4 Å². The molecule has 0 atom stereocenters. The van der Waals surface area contributed by atoms with E-state index in [1.807, 2.05) is 23.1 Å². The van der Waals surface area contributed by atoms with Gasteiger partial charge in [0.05, 0.1) is 11.5 Å². The first-order chi connectivity index (χ1) is 13.5. The third kappa shape index (κ3) is 5.04. The maximum absolute atomic E-state index is 12.1. The molecule has 2 aromatic rings. The summed E-state index contributed by atoms with van der Waals surface area (Å²) in [4.78, 5) is 38.6. The molecular formula is C19H21N5O4. The van der Waals surface area contributed by atoms with E-state index in [9.17, 15) is 19.7 Å². The Balaban J connectivity index is 1.43. The molecule has 1 aliphatic heterocycles. The normalized spacial score (nSPS) is 14.4. The van der Waals surface area contributed by atoms with E-state index in [1.165, 1.54) is 18.2 Å². The van der Waals surface area contributed by atoms with Gasteiger partial charge in [0.2, 0.25) is 0 Å². The van der Waals surface area contributed by atoms with Gasteiger partial charge in [0.15, 0.2) is 0 Å². The van der Waals surface area contributed by atoms with Crippen molar-refractivity contribution in [3.8, 4) is 0 Å². The van der Waals surface area contributed by atoms with Crippen LogP contribution in [0, 0.1) is 10.1 Å². The number of piperazine rings is 1. The van der Waals surface area contributed by atoms with Crippen LogP contribution < -0.4 is 15.8 Å². The second-order valence-electron chi connectivity index (χ2n) is 6.41. The molecule has 3 rings (SSSR count). The van der Waals surface area contributed by atoms with Gasteiger partial charge in [-0.25, -0.2) is 0 Å². The minimum atomic E-state index is -0.606. The number of carbonyl (C=O) groups excluding carboxylic acids is 2. The van der Waals surface area contributed by atoms with Crippen molar-refractivity contribution < 1.29 is 14.5 Å². The van der Waals surface area contributed by atoms with E-state index in [4.69, 9.17) is 0 Å². The van der Waals surface area contributed by atoms with Gasteiger partial charge in [-0.15, -0.1) is 0 Å². The van der Waals surface area contributed by atoms with Crippen molar-refractivity contribution in [1.29, 1.82) is 0 Å². The Labute approximate surface area is 162 Å². The molecule has 0 radical (unpaired) electrons. The number of rotatable bonds is 5. The van der Waals surface area contributed by atoms with Crippen molar-refractivity contribution in [3.63, 3.8) is 0 Å². The minimum absolute atomic E-state index is 0.103. The standard InChI is InChI=1S/C19H21N5O4/c25-18(20-21-19(26)15-5-4-8-17(13-15)24(27)28)14-22-9-11-23(12-10-22)16-6-2-1-3-7-16/h1-8,13H,9-12,14H2,(H,20,25)(H,21,26). The molecule has 0 aromatic heterocycles. The lowest BCUT2D eigenvalue weighted by atomic mass is 10.2. The summed E-state index contributed by atoms with van der Waals surface area (Å²) < 4.78 is 0. The number of non-ortho nitro benzene ring substituents is 1. The predicted octanol–water partition coefficient (Wildman–Crippen LogP) is 1.18. The van der Waals surface area contributed by atoms with Gasteiger partial charge in [-0.2, -0.15) is 0 Å².